The topological polar surface area (TPSA) is 28.5 Å². The fraction of sp³-hybridized carbons (Fsp3) is 0.400. The van der Waals surface area contributed by atoms with E-state index in [4.69, 9.17) is 0 Å². The number of aromatic nitrogens is 1. The van der Waals surface area contributed by atoms with Gasteiger partial charge in [0.1, 0.15) is 0 Å². The summed E-state index contributed by atoms with van der Waals surface area (Å²) in [6.45, 7) is 4.63. The Labute approximate surface area is 97.2 Å². The molecule has 3 nitrogen and oxygen atoms in total. The highest BCUT2D eigenvalue weighted by molar-refractivity contribution is 9.10. The van der Waals surface area contributed by atoms with Gasteiger partial charge in [-0.3, -0.25) is 0 Å². The minimum Gasteiger partial charge on any atom is -0.366 e. The third-order valence-electron chi connectivity index (χ3n) is 1.99. The Kier molecular flexibility index (Phi) is 4.20. The molecule has 0 saturated heterocycles. The minimum absolute atomic E-state index is 0.333. The van der Waals surface area contributed by atoms with E-state index in [1.54, 1.807) is 19.3 Å². The van der Waals surface area contributed by atoms with Crippen molar-refractivity contribution in [2.75, 3.05) is 13.6 Å². The maximum Gasteiger partial charge on any atom is 0.227 e. The minimum atomic E-state index is -0.504. The number of aryl methyl sites for hydroxylation is 1. The molecule has 0 saturated carbocycles. The zero-order valence-electron chi connectivity index (χ0n) is 8.96. The van der Waals surface area contributed by atoms with E-state index in [9.17, 15) is 4.39 Å². The number of pyridine rings is 1. The monoisotopic (exact) mass is 273 g/mol. The molecule has 0 aliphatic rings. The van der Waals surface area contributed by atoms with Crippen LogP contribution in [0.5, 0.6) is 0 Å². The smallest absolute Gasteiger partial charge is 0.227 e. The molecule has 0 fully saturated rings. The summed E-state index contributed by atoms with van der Waals surface area (Å²) >= 11 is 3.08. The summed E-state index contributed by atoms with van der Waals surface area (Å²) in [5.41, 5.74) is 1.25. The van der Waals surface area contributed by atoms with Crippen LogP contribution in [0.25, 0.3) is 0 Å². The van der Waals surface area contributed by atoms with Gasteiger partial charge in [-0.15, -0.1) is 0 Å². The summed E-state index contributed by atoms with van der Waals surface area (Å²) in [7, 11) is 1.92. The van der Waals surface area contributed by atoms with E-state index in [1.807, 2.05) is 18.9 Å². The summed E-state index contributed by atoms with van der Waals surface area (Å²) in [5, 5.41) is 0. The molecule has 0 amide bonds. The van der Waals surface area contributed by atoms with Crippen molar-refractivity contribution in [3.05, 3.63) is 22.2 Å². The Hall–Kier alpha value is -0.970. The van der Waals surface area contributed by atoms with Crippen LogP contribution < -0.4 is 0 Å². The molecule has 0 atom stereocenters. The van der Waals surface area contributed by atoms with E-state index in [0.29, 0.717) is 15.9 Å². The predicted octanol–water partition coefficient (Wildman–Crippen LogP) is 2.90. The van der Waals surface area contributed by atoms with Crippen molar-refractivity contribution in [1.82, 2.24) is 9.88 Å². The summed E-state index contributed by atoms with van der Waals surface area (Å²) in [4.78, 5) is 9.88. The molecular weight excluding hydrogens is 261 g/mol. The second kappa shape index (κ2) is 5.21. The summed E-state index contributed by atoms with van der Waals surface area (Å²) in [5.74, 6) is -0.504. The predicted molar refractivity (Wildman–Crippen MR) is 63.1 cm³/mol. The first kappa shape index (κ1) is 12.1. The molecule has 1 aromatic rings. The molecule has 1 rings (SSSR count). The third-order valence-corrected chi connectivity index (χ3v) is 2.55. The van der Waals surface area contributed by atoms with E-state index in [-0.39, 0.29) is 0 Å². The quantitative estimate of drug-likeness (QED) is 0.481. The second-order valence-electron chi connectivity index (χ2n) is 3.18. The van der Waals surface area contributed by atoms with Gasteiger partial charge in [-0.25, -0.2) is 9.98 Å². The van der Waals surface area contributed by atoms with Gasteiger partial charge in [0.2, 0.25) is 5.95 Å². The molecule has 5 heteroatoms. The molecule has 1 aromatic heterocycles. The van der Waals surface area contributed by atoms with Gasteiger partial charge in [0, 0.05) is 13.6 Å². The molecular formula is C10H13BrFN3. The average Bonchev–Trinajstić information content (AvgIpc) is 2.21. The summed E-state index contributed by atoms with van der Waals surface area (Å²) < 4.78 is 13.3. The van der Waals surface area contributed by atoms with Gasteiger partial charge in [0.05, 0.1) is 22.2 Å². The maximum absolute atomic E-state index is 13.0. The first-order valence-electron chi connectivity index (χ1n) is 4.61. The lowest BCUT2D eigenvalue weighted by Crippen LogP contribution is -2.14. The fourth-order valence-electron chi connectivity index (χ4n) is 0.915. The fourth-order valence-corrected chi connectivity index (χ4v) is 1.22. The Morgan fingerprint density at radius 3 is 2.93 bits per heavy atom. The molecule has 0 bridgehead atoms. The van der Waals surface area contributed by atoms with Gasteiger partial charge in [-0.2, -0.15) is 4.39 Å². The number of hydrogen-bond donors (Lipinski definition) is 0. The van der Waals surface area contributed by atoms with E-state index in [0.717, 1.165) is 6.54 Å². The molecule has 0 aliphatic carbocycles. The van der Waals surface area contributed by atoms with E-state index in [2.05, 4.69) is 25.9 Å². The van der Waals surface area contributed by atoms with Gasteiger partial charge in [-0.1, -0.05) is 0 Å². The highest BCUT2D eigenvalue weighted by Crippen LogP contribution is 2.23. The van der Waals surface area contributed by atoms with Gasteiger partial charge in [0.15, 0.2) is 0 Å². The molecule has 0 aromatic carbocycles. The zero-order chi connectivity index (χ0) is 11.4. The standard InChI is InChI=1S/C10H13BrFN3/c1-4-15(3)6-13-9-5-8(11)10(12)14-7(9)2/h5-6H,4H2,1-3H3/b13-6+. The van der Waals surface area contributed by atoms with E-state index in [1.165, 1.54) is 0 Å². The lowest BCUT2D eigenvalue weighted by Gasteiger charge is -2.08. The molecule has 0 spiro atoms. The van der Waals surface area contributed by atoms with E-state index < -0.39 is 5.95 Å². The van der Waals surface area contributed by atoms with Gasteiger partial charge < -0.3 is 4.90 Å². The van der Waals surface area contributed by atoms with Crippen LogP contribution in [0, 0.1) is 12.9 Å². The third kappa shape index (κ3) is 3.27. The molecule has 0 unspecified atom stereocenters. The van der Waals surface area contributed by atoms with Gasteiger partial charge in [-0.05, 0) is 35.8 Å². The average molecular weight is 274 g/mol. The Bertz CT molecular complexity index is 379. The Morgan fingerprint density at radius 1 is 1.67 bits per heavy atom. The van der Waals surface area contributed by atoms with Gasteiger partial charge >= 0.3 is 0 Å². The zero-order valence-corrected chi connectivity index (χ0v) is 10.5. The van der Waals surface area contributed by atoms with Gasteiger partial charge in [0.25, 0.3) is 0 Å². The number of aliphatic imine (C=N–C) groups is 1. The van der Waals surface area contributed by atoms with Crippen LogP contribution in [-0.2, 0) is 0 Å². The van der Waals surface area contributed by atoms with Crippen LogP contribution in [0.4, 0.5) is 10.1 Å². The lowest BCUT2D eigenvalue weighted by atomic mass is 10.3. The van der Waals surface area contributed by atoms with Crippen molar-refractivity contribution in [3.63, 3.8) is 0 Å². The summed E-state index contributed by atoms with van der Waals surface area (Å²) in [6, 6.07) is 1.62. The molecule has 1 heterocycles. The molecule has 0 N–H and O–H groups in total. The van der Waals surface area contributed by atoms with Crippen LogP contribution in [0.3, 0.4) is 0 Å². The maximum atomic E-state index is 13.0. The van der Waals surface area contributed by atoms with Crippen LogP contribution in [0.1, 0.15) is 12.6 Å². The van der Waals surface area contributed by atoms with E-state index >= 15 is 0 Å². The number of nitrogens with zero attached hydrogens (tertiary/aromatic N) is 3. The second-order valence-corrected chi connectivity index (χ2v) is 4.04. The largest absolute Gasteiger partial charge is 0.366 e. The number of hydrogen-bond acceptors (Lipinski definition) is 2. The van der Waals surface area contributed by atoms with Crippen molar-refractivity contribution in [3.8, 4) is 0 Å². The Morgan fingerprint density at radius 2 is 2.33 bits per heavy atom. The summed E-state index contributed by atoms with van der Waals surface area (Å²) in [6.07, 6.45) is 1.70. The molecule has 0 aliphatic heterocycles. The normalized spacial score (nSPS) is 11.0. The van der Waals surface area contributed by atoms with Crippen LogP contribution >= 0.6 is 15.9 Å². The number of rotatable bonds is 3. The lowest BCUT2D eigenvalue weighted by molar-refractivity contribution is 0.551. The van der Waals surface area contributed by atoms with Crippen molar-refractivity contribution in [2.24, 2.45) is 4.99 Å². The Balaban J connectivity index is 2.95. The van der Waals surface area contributed by atoms with Crippen molar-refractivity contribution in [2.45, 2.75) is 13.8 Å². The van der Waals surface area contributed by atoms with Crippen LogP contribution in [0.15, 0.2) is 15.5 Å². The number of halogens is 2. The first-order valence-corrected chi connectivity index (χ1v) is 5.41. The van der Waals surface area contributed by atoms with Crippen molar-refractivity contribution in [1.29, 1.82) is 0 Å². The SMILES string of the molecule is CCN(C)/C=N/c1cc(Br)c(F)nc1C. The molecule has 0 radical (unpaired) electrons. The highest BCUT2D eigenvalue weighted by atomic mass is 79.9. The van der Waals surface area contributed by atoms with Crippen molar-refractivity contribution >= 4 is 28.0 Å². The molecule has 15 heavy (non-hydrogen) atoms. The first-order chi connectivity index (χ1) is 7.04. The highest BCUT2D eigenvalue weighted by Gasteiger charge is 2.05. The molecule has 82 valence electrons. The van der Waals surface area contributed by atoms with Crippen LogP contribution in [-0.4, -0.2) is 29.8 Å². The van der Waals surface area contributed by atoms with Crippen LogP contribution in [0.2, 0.25) is 0 Å². The van der Waals surface area contributed by atoms with Crippen molar-refractivity contribution < 1.29 is 4.39 Å².